The van der Waals surface area contributed by atoms with E-state index in [0.29, 0.717) is 17.5 Å². The van der Waals surface area contributed by atoms with Crippen molar-refractivity contribution in [3.63, 3.8) is 0 Å². The Hall–Kier alpha value is -1.87. The summed E-state index contributed by atoms with van der Waals surface area (Å²) in [5, 5.41) is 13.0. The number of ether oxygens (including phenoxy) is 1. The molecule has 2 aromatic rings. The molecule has 1 aromatic heterocycles. The van der Waals surface area contributed by atoms with Gasteiger partial charge in [0.25, 0.3) is 0 Å². The first kappa shape index (κ1) is 13.8. The van der Waals surface area contributed by atoms with Crippen molar-refractivity contribution < 1.29 is 9.47 Å². The molecule has 22 heavy (non-hydrogen) atoms. The molecule has 0 aliphatic heterocycles. The Kier molecular flexibility index (Phi) is 2.85. The fourth-order valence-corrected chi connectivity index (χ4v) is 4.43. The van der Waals surface area contributed by atoms with Gasteiger partial charge in [-0.3, -0.25) is 0 Å². The fraction of sp³-hybridized carbons (Fsp3) is 0.421. The lowest BCUT2D eigenvalue weighted by atomic mass is 9.47. The number of aromatic nitrogens is 1. The van der Waals surface area contributed by atoms with Gasteiger partial charge in [0, 0.05) is 30.2 Å². The SMILES string of the molecule is CO[C@@H]1c2c(ccc(-c3ccccc3)[n+]2[O-])[C@H]2C[C@@H]1C2(C)C. The molecule has 1 heterocycles. The van der Waals surface area contributed by atoms with Crippen LogP contribution in [0.15, 0.2) is 42.5 Å². The standard InChI is InChI=1S/C19H21NO2/c1-19(2)14-11-15(19)18(22-3)17-13(14)9-10-16(20(17)21)12-7-5-4-6-8-12/h4-10,14-15,18H,11H2,1-3H3/t14-,15+,18+/m1/s1. The zero-order valence-corrected chi connectivity index (χ0v) is 13.2. The highest BCUT2D eigenvalue weighted by Crippen LogP contribution is 2.66. The predicted molar refractivity (Wildman–Crippen MR) is 85.2 cm³/mol. The molecule has 3 aliphatic rings. The van der Waals surface area contributed by atoms with Crippen LogP contribution in [0.1, 0.15) is 43.5 Å². The molecule has 3 nitrogen and oxygen atoms in total. The van der Waals surface area contributed by atoms with Crippen LogP contribution in [-0.2, 0) is 4.74 Å². The molecule has 1 aromatic carbocycles. The van der Waals surface area contributed by atoms with E-state index in [-0.39, 0.29) is 11.5 Å². The minimum Gasteiger partial charge on any atom is -0.618 e. The van der Waals surface area contributed by atoms with Gasteiger partial charge in [-0.2, -0.15) is 4.73 Å². The van der Waals surface area contributed by atoms with Crippen LogP contribution in [0.2, 0.25) is 0 Å². The molecule has 0 amide bonds. The van der Waals surface area contributed by atoms with Gasteiger partial charge in [-0.15, -0.1) is 0 Å². The Labute approximate surface area is 131 Å². The summed E-state index contributed by atoms with van der Waals surface area (Å²) < 4.78 is 6.86. The van der Waals surface area contributed by atoms with Crippen LogP contribution >= 0.6 is 0 Å². The van der Waals surface area contributed by atoms with Crippen molar-refractivity contribution in [2.24, 2.45) is 11.3 Å². The van der Waals surface area contributed by atoms with Crippen molar-refractivity contribution in [2.75, 3.05) is 7.11 Å². The largest absolute Gasteiger partial charge is 0.618 e. The Morgan fingerprint density at radius 1 is 1.14 bits per heavy atom. The van der Waals surface area contributed by atoms with Crippen molar-refractivity contribution in [2.45, 2.75) is 32.3 Å². The lowest BCUT2D eigenvalue weighted by molar-refractivity contribution is -0.611. The number of benzene rings is 1. The summed E-state index contributed by atoms with van der Waals surface area (Å²) in [4.78, 5) is 0. The van der Waals surface area contributed by atoms with E-state index in [1.165, 1.54) is 5.56 Å². The van der Waals surface area contributed by atoms with E-state index in [1.54, 1.807) is 7.11 Å². The molecule has 3 heteroatoms. The van der Waals surface area contributed by atoms with E-state index >= 15 is 0 Å². The van der Waals surface area contributed by atoms with Crippen LogP contribution in [0.3, 0.4) is 0 Å². The molecule has 114 valence electrons. The molecular weight excluding hydrogens is 274 g/mol. The highest BCUT2D eigenvalue weighted by atomic mass is 16.5. The third-order valence-corrected chi connectivity index (χ3v) is 5.83. The van der Waals surface area contributed by atoms with Gasteiger partial charge in [0.15, 0.2) is 0 Å². The molecule has 1 saturated carbocycles. The van der Waals surface area contributed by atoms with Gasteiger partial charge in [-0.25, -0.2) is 0 Å². The van der Waals surface area contributed by atoms with Crippen molar-refractivity contribution in [3.8, 4) is 11.3 Å². The van der Waals surface area contributed by atoms with Gasteiger partial charge in [0.1, 0.15) is 6.10 Å². The average molecular weight is 295 g/mol. The lowest BCUT2D eigenvalue weighted by Crippen LogP contribution is -2.55. The van der Waals surface area contributed by atoms with Crippen LogP contribution in [0.25, 0.3) is 11.3 Å². The van der Waals surface area contributed by atoms with Crippen LogP contribution in [0.4, 0.5) is 0 Å². The second kappa shape index (κ2) is 4.56. The highest BCUT2D eigenvalue weighted by Gasteiger charge is 2.60. The summed E-state index contributed by atoms with van der Waals surface area (Å²) >= 11 is 0. The molecule has 0 radical (unpaired) electrons. The van der Waals surface area contributed by atoms with E-state index in [9.17, 15) is 5.21 Å². The first-order chi connectivity index (χ1) is 10.6. The maximum Gasteiger partial charge on any atom is 0.226 e. The zero-order valence-electron chi connectivity index (χ0n) is 13.2. The van der Waals surface area contributed by atoms with E-state index in [2.05, 4.69) is 19.9 Å². The van der Waals surface area contributed by atoms with E-state index in [4.69, 9.17) is 4.74 Å². The van der Waals surface area contributed by atoms with Crippen LogP contribution in [0.5, 0.6) is 0 Å². The van der Waals surface area contributed by atoms with Gasteiger partial charge in [0.2, 0.25) is 11.4 Å². The van der Waals surface area contributed by atoms with Crippen LogP contribution in [0, 0.1) is 16.5 Å². The average Bonchev–Trinajstić information content (AvgIpc) is 2.54. The second-order valence-electron chi connectivity index (χ2n) is 7.09. The highest BCUT2D eigenvalue weighted by molar-refractivity contribution is 5.57. The summed E-state index contributed by atoms with van der Waals surface area (Å²) in [5.74, 6) is 0.908. The molecule has 5 rings (SSSR count). The maximum atomic E-state index is 13.0. The van der Waals surface area contributed by atoms with Crippen LogP contribution < -0.4 is 4.73 Å². The normalized spacial score (nSPS) is 27.9. The number of rotatable bonds is 2. The molecule has 0 unspecified atom stereocenters. The zero-order chi connectivity index (χ0) is 15.5. The third-order valence-electron chi connectivity index (χ3n) is 5.83. The molecule has 3 aliphatic carbocycles. The number of hydrogen-bond donors (Lipinski definition) is 0. The van der Waals surface area contributed by atoms with Gasteiger partial charge in [0.05, 0.1) is 0 Å². The van der Waals surface area contributed by atoms with E-state index < -0.39 is 0 Å². The second-order valence-corrected chi connectivity index (χ2v) is 7.09. The molecule has 1 fully saturated rings. The Balaban J connectivity index is 1.90. The van der Waals surface area contributed by atoms with Crippen molar-refractivity contribution in [1.82, 2.24) is 0 Å². The summed E-state index contributed by atoms with van der Waals surface area (Å²) in [6.07, 6.45) is 1.03. The van der Waals surface area contributed by atoms with E-state index in [0.717, 1.165) is 22.4 Å². The summed E-state index contributed by atoms with van der Waals surface area (Å²) in [5.41, 5.74) is 3.88. The van der Waals surface area contributed by atoms with Gasteiger partial charge < -0.3 is 9.94 Å². The number of methoxy groups -OCH3 is 1. The number of nitrogens with zero attached hydrogens (tertiary/aromatic N) is 1. The molecule has 0 saturated heterocycles. The lowest BCUT2D eigenvalue weighted by Gasteiger charge is -2.58. The Bertz CT molecular complexity index is 724. The predicted octanol–water partition coefficient (Wildman–Crippen LogP) is 3.82. The molecule has 0 spiro atoms. The fourth-order valence-electron chi connectivity index (χ4n) is 4.43. The summed E-state index contributed by atoms with van der Waals surface area (Å²) in [6, 6.07) is 13.9. The molecule has 3 atom stereocenters. The maximum absolute atomic E-state index is 13.0. The van der Waals surface area contributed by atoms with Crippen molar-refractivity contribution >= 4 is 0 Å². The van der Waals surface area contributed by atoms with Crippen LogP contribution in [-0.4, -0.2) is 7.11 Å². The Morgan fingerprint density at radius 3 is 2.50 bits per heavy atom. The molecule has 2 bridgehead atoms. The van der Waals surface area contributed by atoms with Gasteiger partial charge in [-0.1, -0.05) is 32.0 Å². The van der Waals surface area contributed by atoms with E-state index in [1.807, 2.05) is 36.4 Å². The minimum absolute atomic E-state index is 0.101. The van der Waals surface area contributed by atoms with Crippen molar-refractivity contribution in [3.05, 3.63) is 58.9 Å². The molecular formula is C19H21NO2. The summed E-state index contributed by atoms with van der Waals surface area (Å²) in [7, 11) is 1.72. The number of pyridine rings is 1. The monoisotopic (exact) mass is 295 g/mol. The first-order valence-electron chi connectivity index (χ1n) is 7.90. The minimum atomic E-state index is -0.101. The summed E-state index contributed by atoms with van der Waals surface area (Å²) in [6.45, 7) is 4.59. The van der Waals surface area contributed by atoms with Crippen molar-refractivity contribution in [1.29, 1.82) is 0 Å². The van der Waals surface area contributed by atoms with Gasteiger partial charge in [-0.05, 0) is 36.0 Å². The topological polar surface area (TPSA) is 36.2 Å². The Morgan fingerprint density at radius 2 is 1.86 bits per heavy atom. The number of hydrogen-bond acceptors (Lipinski definition) is 2. The quantitative estimate of drug-likeness (QED) is 0.624. The third kappa shape index (κ3) is 1.63. The first-order valence-corrected chi connectivity index (χ1v) is 7.90. The smallest absolute Gasteiger partial charge is 0.226 e. The molecule has 0 N–H and O–H groups in total. The van der Waals surface area contributed by atoms with Gasteiger partial charge >= 0.3 is 0 Å².